The molecule has 2 atom stereocenters. The number of rotatable bonds is 4. The fourth-order valence-corrected chi connectivity index (χ4v) is 4.39. The van der Waals surface area contributed by atoms with Crippen molar-refractivity contribution < 1.29 is 5.11 Å². The number of halogens is 2. The van der Waals surface area contributed by atoms with E-state index in [0.717, 1.165) is 30.1 Å². The molecular weight excluding hydrogens is 307 g/mol. The zero-order valence-corrected chi connectivity index (χ0v) is 13.8. The number of benzene rings is 1. The highest BCUT2D eigenvalue weighted by atomic mass is 35.5. The van der Waals surface area contributed by atoms with Gasteiger partial charge >= 0.3 is 0 Å². The maximum absolute atomic E-state index is 9.95. The maximum atomic E-state index is 9.95. The highest BCUT2D eigenvalue weighted by Gasteiger charge is 2.37. The molecule has 5 heteroatoms. The van der Waals surface area contributed by atoms with Crippen LogP contribution in [0.1, 0.15) is 31.2 Å². The molecule has 0 spiro atoms. The summed E-state index contributed by atoms with van der Waals surface area (Å²) in [6.45, 7) is 1.60. The number of aromatic hydroxyl groups is 1. The van der Waals surface area contributed by atoms with E-state index in [1.165, 1.54) is 25.7 Å². The van der Waals surface area contributed by atoms with E-state index in [2.05, 4.69) is 17.3 Å². The summed E-state index contributed by atoms with van der Waals surface area (Å²) in [6.07, 6.45) is 5.26. The van der Waals surface area contributed by atoms with Gasteiger partial charge in [0.1, 0.15) is 5.75 Å². The van der Waals surface area contributed by atoms with Gasteiger partial charge in [-0.15, -0.1) is 0 Å². The van der Waals surface area contributed by atoms with Gasteiger partial charge in [0, 0.05) is 29.2 Å². The van der Waals surface area contributed by atoms with Crippen molar-refractivity contribution in [2.75, 3.05) is 13.6 Å². The molecule has 0 radical (unpaired) electrons. The lowest BCUT2D eigenvalue weighted by Gasteiger charge is -2.36. The fourth-order valence-electron chi connectivity index (χ4n) is 3.86. The fraction of sp³-hybridized carbons (Fsp3) is 0.625. The lowest BCUT2D eigenvalue weighted by atomic mass is 9.91. The van der Waals surface area contributed by atoms with Crippen LogP contribution in [-0.2, 0) is 6.54 Å². The topological polar surface area (TPSA) is 35.5 Å². The SMILES string of the molecule is CN1C2CCC1CC(CNCc1cc(Cl)cc(Cl)c1O)C2. The molecule has 2 unspecified atom stereocenters. The first-order chi connectivity index (χ1) is 10.0. The first kappa shape index (κ1) is 15.4. The molecule has 0 aromatic heterocycles. The van der Waals surface area contributed by atoms with E-state index >= 15 is 0 Å². The summed E-state index contributed by atoms with van der Waals surface area (Å²) in [4.78, 5) is 2.55. The van der Waals surface area contributed by atoms with Crippen LogP contribution in [-0.4, -0.2) is 35.7 Å². The smallest absolute Gasteiger partial charge is 0.138 e. The number of fused-ring (bicyclic) bond motifs is 2. The van der Waals surface area contributed by atoms with E-state index in [1.807, 2.05) is 0 Å². The minimum absolute atomic E-state index is 0.136. The molecule has 2 aliphatic rings. The zero-order chi connectivity index (χ0) is 15.0. The number of piperidine rings is 1. The summed E-state index contributed by atoms with van der Waals surface area (Å²) in [7, 11) is 2.26. The number of phenols is 1. The Morgan fingerprint density at radius 1 is 1.24 bits per heavy atom. The molecule has 3 nitrogen and oxygen atoms in total. The van der Waals surface area contributed by atoms with Gasteiger partial charge in [0.2, 0.25) is 0 Å². The molecule has 1 aromatic carbocycles. The molecule has 0 amide bonds. The van der Waals surface area contributed by atoms with Crippen molar-refractivity contribution in [3.05, 3.63) is 27.7 Å². The van der Waals surface area contributed by atoms with Gasteiger partial charge in [-0.3, -0.25) is 0 Å². The third-order valence-electron chi connectivity index (χ3n) is 5.05. The van der Waals surface area contributed by atoms with Crippen LogP contribution in [0.4, 0.5) is 0 Å². The van der Waals surface area contributed by atoms with E-state index in [-0.39, 0.29) is 5.75 Å². The second-order valence-electron chi connectivity index (χ2n) is 6.41. The van der Waals surface area contributed by atoms with Crippen LogP contribution in [0, 0.1) is 5.92 Å². The first-order valence-electron chi connectivity index (χ1n) is 7.64. The highest BCUT2D eigenvalue weighted by molar-refractivity contribution is 6.35. The van der Waals surface area contributed by atoms with Crippen molar-refractivity contribution >= 4 is 23.2 Å². The Bertz CT molecular complexity index is 509. The minimum Gasteiger partial charge on any atom is -0.506 e. The van der Waals surface area contributed by atoms with E-state index < -0.39 is 0 Å². The molecule has 2 heterocycles. The molecule has 2 bridgehead atoms. The van der Waals surface area contributed by atoms with Crippen molar-refractivity contribution in [3.63, 3.8) is 0 Å². The van der Waals surface area contributed by atoms with Crippen molar-refractivity contribution in [2.45, 2.75) is 44.3 Å². The Balaban J connectivity index is 1.53. The molecule has 0 saturated carbocycles. The summed E-state index contributed by atoms with van der Waals surface area (Å²) >= 11 is 11.9. The van der Waals surface area contributed by atoms with Gasteiger partial charge in [0.25, 0.3) is 0 Å². The van der Waals surface area contributed by atoms with Crippen molar-refractivity contribution in [1.82, 2.24) is 10.2 Å². The number of hydrogen-bond donors (Lipinski definition) is 2. The Hall–Kier alpha value is -0.480. The third-order valence-corrected chi connectivity index (χ3v) is 5.56. The van der Waals surface area contributed by atoms with Crippen molar-refractivity contribution in [2.24, 2.45) is 5.92 Å². The largest absolute Gasteiger partial charge is 0.506 e. The summed E-state index contributed by atoms with van der Waals surface area (Å²) in [5.41, 5.74) is 0.767. The lowest BCUT2D eigenvalue weighted by Crippen LogP contribution is -2.42. The Morgan fingerprint density at radius 2 is 1.90 bits per heavy atom. The van der Waals surface area contributed by atoms with Gasteiger partial charge in [0.15, 0.2) is 0 Å². The van der Waals surface area contributed by atoms with Crippen LogP contribution in [0.5, 0.6) is 5.75 Å². The van der Waals surface area contributed by atoms with Gasteiger partial charge < -0.3 is 15.3 Å². The number of phenolic OH excluding ortho intramolecular Hbond substituents is 1. The predicted octanol–water partition coefficient (Wildman–Crippen LogP) is 3.66. The lowest BCUT2D eigenvalue weighted by molar-refractivity contribution is 0.133. The molecule has 0 aliphatic carbocycles. The van der Waals surface area contributed by atoms with Crippen LogP contribution in [0.3, 0.4) is 0 Å². The molecule has 2 saturated heterocycles. The van der Waals surface area contributed by atoms with Gasteiger partial charge in [-0.05, 0) is 57.3 Å². The molecule has 2 aliphatic heterocycles. The van der Waals surface area contributed by atoms with Gasteiger partial charge in [-0.1, -0.05) is 23.2 Å². The van der Waals surface area contributed by atoms with Crippen molar-refractivity contribution in [1.29, 1.82) is 0 Å². The minimum atomic E-state index is 0.136. The van der Waals surface area contributed by atoms with E-state index in [1.54, 1.807) is 12.1 Å². The van der Waals surface area contributed by atoms with E-state index in [4.69, 9.17) is 23.2 Å². The number of nitrogens with zero attached hydrogens (tertiary/aromatic N) is 1. The summed E-state index contributed by atoms with van der Waals surface area (Å²) in [6, 6.07) is 4.87. The Kier molecular flexibility index (Phi) is 4.65. The van der Waals surface area contributed by atoms with E-state index in [9.17, 15) is 5.11 Å². The maximum Gasteiger partial charge on any atom is 0.138 e. The number of nitrogens with one attached hydrogen (secondary N) is 1. The third kappa shape index (κ3) is 3.31. The molecule has 2 fully saturated rings. The van der Waals surface area contributed by atoms with Crippen LogP contribution < -0.4 is 5.32 Å². The Labute approximate surface area is 136 Å². The Morgan fingerprint density at radius 3 is 2.57 bits per heavy atom. The molecule has 1 aromatic rings. The molecule has 3 rings (SSSR count). The highest BCUT2D eigenvalue weighted by Crippen LogP contribution is 2.37. The monoisotopic (exact) mass is 328 g/mol. The second kappa shape index (κ2) is 6.33. The summed E-state index contributed by atoms with van der Waals surface area (Å²) in [5.74, 6) is 0.868. The first-order valence-corrected chi connectivity index (χ1v) is 8.39. The van der Waals surface area contributed by atoms with Crippen molar-refractivity contribution in [3.8, 4) is 5.75 Å². The molecular formula is C16H22Cl2N2O. The second-order valence-corrected chi connectivity index (χ2v) is 7.26. The van der Waals surface area contributed by atoms with Crippen LogP contribution in [0.2, 0.25) is 10.0 Å². The van der Waals surface area contributed by atoms with Crippen LogP contribution in [0.15, 0.2) is 12.1 Å². The van der Waals surface area contributed by atoms with Gasteiger partial charge in [-0.25, -0.2) is 0 Å². The quantitative estimate of drug-likeness (QED) is 0.885. The predicted molar refractivity (Wildman–Crippen MR) is 87.1 cm³/mol. The molecule has 2 N–H and O–H groups in total. The average molecular weight is 329 g/mol. The van der Waals surface area contributed by atoms with Gasteiger partial charge in [-0.2, -0.15) is 0 Å². The molecule has 21 heavy (non-hydrogen) atoms. The van der Waals surface area contributed by atoms with E-state index in [0.29, 0.717) is 16.6 Å². The molecule has 116 valence electrons. The van der Waals surface area contributed by atoms with Gasteiger partial charge in [0.05, 0.1) is 5.02 Å². The number of hydrogen-bond acceptors (Lipinski definition) is 3. The zero-order valence-electron chi connectivity index (χ0n) is 12.3. The average Bonchev–Trinajstić information content (AvgIpc) is 2.66. The normalized spacial score (nSPS) is 29.0. The van der Waals surface area contributed by atoms with Crippen LogP contribution in [0.25, 0.3) is 0 Å². The summed E-state index contributed by atoms with van der Waals surface area (Å²) < 4.78 is 0. The van der Waals surface area contributed by atoms with Crippen LogP contribution >= 0.6 is 23.2 Å². The summed E-state index contributed by atoms with van der Waals surface area (Å²) in [5, 5.41) is 14.3. The standard InChI is InChI=1S/C16H22Cl2N2O/c1-20-13-2-3-14(20)5-10(4-13)8-19-9-11-6-12(17)7-15(18)16(11)21/h6-7,10,13-14,19,21H,2-5,8-9H2,1H3.